The molecular formula is C19H15ClFN3O. The molecule has 0 spiro atoms. The van der Waals surface area contributed by atoms with E-state index in [2.05, 4.69) is 15.6 Å². The SMILES string of the molecule is Cc1ccc(C(=O)Nc2ccc(Nc3ccc(F)c(Cl)c3)cn2)cc1. The number of rotatable bonds is 4. The number of amides is 1. The van der Waals surface area contributed by atoms with Crippen molar-refractivity contribution < 1.29 is 9.18 Å². The number of nitrogens with zero attached hydrogens (tertiary/aromatic N) is 1. The highest BCUT2D eigenvalue weighted by Gasteiger charge is 2.07. The lowest BCUT2D eigenvalue weighted by Crippen LogP contribution is -2.12. The minimum absolute atomic E-state index is 0.0416. The summed E-state index contributed by atoms with van der Waals surface area (Å²) in [7, 11) is 0. The van der Waals surface area contributed by atoms with E-state index in [1.807, 2.05) is 19.1 Å². The first-order valence-electron chi connectivity index (χ1n) is 7.57. The van der Waals surface area contributed by atoms with Gasteiger partial charge in [0.05, 0.1) is 16.9 Å². The molecule has 0 aliphatic rings. The number of hydrogen-bond donors (Lipinski definition) is 2. The van der Waals surface area contributed by atoms with E-state index in [4.69, 9.17) is 11.6 Å². The highest BCUT2D eigenvalue weighted by atomic mass is 35.5. The van der Waals surface area contributed by atoms with Crippen molar-refractivity contribution in [1.82, 2.24) is 4.98 Å². The number of anilines is 3. The van der Waals surface area contributed by atoms with Crippen LogP contribution in [-0.2, 0) is 0 Å². The number of carbonyl (C=O) groups excluding carboxylic acids is 1. The summed E-state index contributed by atoms with van der Waals surface area (Å²) >= 11 is 5.75. The molecule has 0 bridgehead atoms. The van der Waals surface area contributed by atoms with Crippen LogP contribution in [0.1, 0.15) is 15.9 Å². The molecule has 25 heavy (non-hydrogen) atoms. The van der Waals surface area contributed by atoms with E-state index in [1.165, 1.54) is 12.1 Å². The van der Waals surface area contributed by atoms with Crippen molar-refractivity contribution in [2.75, 3.05) is 10.6 Å². The summed E-state index contributed by atoms with van der Waals surface area (Å²) in [6.45, 7) is 1.96. The number of nitrogens with one attached hydrogen (secondary N) is 2. The van der Waals surface area contributed by atoms with Gasteiger partial charge < -0.3 is 10.6 Å². The van der Waals surface area contributed by atoms with Crippen LogP contribution in [0.2, 0.25) is 5.02 Å². The van der Waals surface area contributed by atoms with Gasteiger partial charge >= 0.3 is 0 Å². The Morgan fingerprint density at radius 3 is 2.40 bits per heavy atom. The monoisotopic (exact) mass is 355 g/mol. The third kappa shape index (κ3) is 4.33. The molecule has 0 radical (unpaired) electrons. The first-order chi connectivity index (χ1) is 12.0. The van der Waals surface area contributed by atoms with Gasteiger partial charge in [-0.3, -0.25) is 4.79 Å². The Morgan fingerprint density at radius 2 is 1.76 bits per heavy atom. The zero-order valence-electron chi connectivity index (χ0n) is 13.4. The fraction of sp³-hybridized carbons (Fsp3) is 0.0526. The Bertz CT molecular complexity index is 896. The molecule has 2 N–H and O–H groups in total. The van der Waals surface area contributed by atoms with E-state index >= 15 is 0 Å². The molecule has 0 unspecified atom stereocenters. The van der Waals surface area contributed by atoms with E-state index in [-0.39, 0.29) is 10.9 Å². The first-order valence-corrected chi connectivity index (χ1v) is 7.95. The lowest BCUT2D eigenvalue weighted by Gasteiger charge is -2.09. The largest absolute Gasteiger partial charge is 0.354 e. The second kappa shape index (κ2) is 7.32. The van der Waals surface area contributed by atoms with Crippen molar-refractivity contribution in [3.05, 3.63) is 82.8 Å². The van der Waals surface area contributed by atoms with Crippen LogP contribution < -0.4 is 10.6 Å². The Balaban J connectivity index is 1.66. The fourth-order valence-electron chi connectivity index (χ4n) is 2.18. The van der Waals surface area contributed by atoms with Gasteiger partial charge in [0.15, 0.2) is 0 Å². The molecule has 4 nitrogen and oxygen atoms in total. The van der Waals surface area contributed by atoms with E-state index in [0.717, 1.165) is 5.56 Å². The Kier molecular flexibility index (Phi) is 4.95. The van der Waals surface area contributed by atoms with Crippen molar-refractivity contribution in [2.24, 2.45) is 0 Å². The molecule has 0 atom stereocenters. The van der Waals surface area contributed by atoms with Gasteiger partial charge in [-0.05, 0) is 49.4 Å². The molecule has 0 saturated heterocycles. The highest BCUT2D eigenvalue weighted by molar-refractivity contribution is 6.31. The Hall–Kier alpha value is -2.92. The summed E-state index contributed by atoms with van der Waals surface area (Å²) in [4.78, 5) is 16.4. The van der Waals surface area contributed by atoms with E-state index < -0.39 is 5.82 Å². The molecule has 0 fully saturated rings. The molecule has 6 heteroatoms. The van der Waals surface area contributed by atoms with Crippen LogP contribution in [0.3, 0.4) is 0 Å². The van der Waals surface area contributed by atoms with E-state index in [1.54, 1.807) is 36.5 Å². The minimum atomic E-state index is -0.473. The van der Waals surface area contributed by atoms with Gasteiger partial charge in [0.2, 0.25) is 0 Å². The number of aromatic nitrogens is 1. The molecule has 3 aromatic rings. The normalized spacial score (nSPS) is 10.4. The number of halogens is 2. The maximum Gasteiger partial charge on any atom is 0.256 e. The maximum atomic E-state index is 13.2. The number of aryl methyl sites for hydroxylation is 1. The van der Waals surface area contributed by atoms with Gasteiger partial charge in [-0.15, -0.1) is 0 Å². The number of carbonyl (C=O) groups is 1. The number of hydrogen-bond acceptors (Lipinski definition) is 3. The quantitative estimate of drug-likeness (QED) is 0.678. The minimum Gasteiger partial charge on any atom is -0.354 e. The van der Waals surface area contributed by atoms with Crippen molar-refractivity contribution in [3.63, 3.8) is 0 Å². The van der Waals surface area contributed by atoms with Crippen LogP contribution in [-0.4, -0.2) is 10.9 Å². The fourth-order valence-corrected chi connectivity index (χ4v) is 2.36. The van der Waals surface area contributed by atoms with E-state index in [9.17, 15) is 9.18 Å². The third-order valence-electron chi connectivity index (χ3n) is 3.53. The van der Waals surface area contributed by atoms with Crippen molar-refractivity contribution in [1.29, 1.82) is 0 Å². The predicted octanol–water partition coefficient (Wildman–Crippen LogP) is 5.18. The molecule has 2 aromatic carbocycles. The predicted molar refractivity (Wildman–Crippen MR) is 98.1 cm³/mol. The van der Waals surface area contributed by atoms with Crippen LogP contribution in [0, 0.1) is 12.7 Å². The molecule has 126 valence electrons. The molecule has 0 aliphatic carbocycles. The molecule has 1 heterocycles. The zero-order valence-corrected chi connectivity index (χ0v) is 14.1. The Labute approximate surface area is 149 Å². The van der Waals surface area contributed by atoms with Gasteiger partial charge in [-0.2, -0.15) is 0 Å². The molecule has 3 rings (SSSR count). The first kappa shape index (κ1) is 16.9. The molecule has 0 aliphatic heterocycles. The lowest BCUT2D eigenvalue weighted by molar-refractivity contribution is 0.102. The second-order valence-corrected chi connectivity index (χ2v) is 5.91. The van der Waals surface area contributed by atoms with Crippen molar-refractivity contribution >= 4 is 34.7 Å². The van der Waals surface area contributed by atoms with Gasteiger partial charge in [0.25, 0.3) is 5.91 Å². The van der Waals surface area contributed by atoms with Gasteiger partial charge in [0, 0.05) is 11.3 Å². The smallest absolute Gasteiger partial charge is 0.256 e. The molecule has 0 saturated carbocycles. The summed E-state index contributed by atoms with van der Waals surface area (Å²) in [6, 6.07) is 15.1. The standard InChI is InChI=1S/C19H15ClFN3O/c1-12-2-4-13(5-3-12)19(25)24-18-9-7-15(11-22-18)23-14-6-8-17(21)16(20)10-14/h2-11,23H,1H3,(H,22,24,25). The topological polar surface area (TPSA) is 54.0 Å². The van der Waals surface area contributed by atoms with Crippen molar-refractivity contribution in [2.45, 2.75) is 6.92 Å². The van der Waals surface area contributed by atoms with Gasteiger partial charge in [-0.1, -0.05) is 29.3 Å². The van der Waals surface area contributed by atoms with Crippen LogP contribution in [0.15, 0.2) is 60.8 Å². The van der Waals surface area contributed by atoms with Crippen LogP contribution in [0.4, 0.5) is 21.6 Å². The van der Waals surface area contributed by atoms with Crippen LogP contribution in [0.5, 0.6) is 0 Å². The maximum absolute atomic E-state index is 13.2. The lowest BCUT2D eigenvalue weighted by atomic mass is 10.1. The molecule has 1 amide bonds. The number of pyridine rings is 1. The third-order valence-corrected chi connectivity index (χ3v) is 3.82. The van der Waals surface area contributed by atoms with Crippen molar-refractivity contribution in [3.8, 4) is 0 Å². The summed E-state index contributed by atoms with van der Waals surface area (Å²) < 4.78 is 13.2. The number of benzene rings is 2. The molecule has 1 aromatic heterocycles. The highest BCUT2D eigenvalue weighted by Crippen LogP contribution is 2.23. The van der Waals surface area contributed by atoms with Gasteiger partial charge in [-0.25, -0.2) is 9.37 Å². The average molecular weight is 356 g/mol. The summed E-state index contributed by atoms with van der Waals surface area (Å²) in [6.07, 6.45) is 1.57. The van der Waals surface area contributed by atoms with Gasteiger partial charge in [0.1, 0.15) is 11.6 Å². The summed E-state index contributed by atoms with van der Waals surface area (Å²) in [5.74, 6) is -0.258. The van der Waals surface area contributed by atoms with E-state index in [0.29, 0.717) is 22.8 Å². The van der Waals surface area contributed by atoms with Crippen LogP contribution >= 0.6 is 11.6 Å². The van der Waals surface area contributed by atoms with Crippen LogP contribution in [0.25, 0.3) is 0 Å². The average Bonchev–Trinajstić information content (AvgIpc) is 2.60. The summed E-state index contributed by atoms with van der Waals surface area (Å²) in [5.41, 5.74) is 2.99. The zero-order chi connectivity index (χ0) is 17.8. The second-order valence-electron chi connectivity index (χ2n) is 5.51. The summed E-state index contributed by atoms with van der Waals surface area (Å²) in [5, 5.41) is 5.84. The Morgan fingerprint density at radius 1 is 1.04 bits per heavy atom. The molecular weight excluding hydrogens is 341 g/mol.